The molecule has 0 saturated heterocycles. The highest BCUT2D eigenvalue weighted by Crippen LogP contribution is 2.04. The van der Waals surface area contributed by atoms with Crippen molar-refractivity contribution < 1.29 is 4.74 Å². The minimum Gasteiger partial charge on any atom is -0.367 e. The van der Waals surface area contributed by atoms with Crippen LogP contribution in [0.4, 0.5) is 0 Å². The molecule has 1 aromatic rings. The highest BCUT2D eigenvalue weighted by atomic mass is 16.5. The summed E-state index contributed by atoms with van der Waals surface area (Å²) in [5.41, 5.74) is 6.71. The lowest BCUT2D eigenvalue weighted by Gasteiger charge is -2.21. The number of rotatable bonds is 4. The predicted molar refractivity (Wildman–Crippen MR) is 67.0 cm³/mol. The largest absolute Gasteiger partial charge is 0.367 e. The van der Waals surface area contributed by atoms with Gasteiger partial charge in [-0.2, -0.15) is 0 Å². The van der Waals surface area contributed by atoms with Crippen molar-refractivity contribution in [2.75, 3.05) is 13.2 Å². The molecule has 0 fully saturated rings. The normalized spacial score (nSPS) is 13.7. The van der Waals surface area contributed by atoms with E-state index in [-0.39, 0.29) is 5.54 Å². The minimum absolute atomic E-state index is 0.242. The molecule has 0 bridgehead atoms. The van der Waals surface area contributed by atoms with Crippen molar-refractivity contribution in [3.8, 4) is 11.8 Å². The lowest BCUT2D eigenvalue weighted by Crippen LogP contribution is -2.40. The second kappa shape index (κ2) is 6.32. The van der Waals surface area contributed by atoms with E-state index < -0.39 is 0 Å². The van der Waals surface area contributed by atoms with E-state index in [1.807, 2.05) is 37.3 Å². The molecule has 0 aromatic heterocycles. The summed E-state index contributed by atoms with van der Waals surface area (Å²) in [5, 5.41) is 0. The fourth-order valence-corrected chi connectivity index (χ4v) is 1.10. The lowest BCUT2D eigenvalue weighted by atomic mass is 10.0. The summed E-state index contributed by atoms with van der Waals surface area (Å²) < 4.78 is 5.41. The number of nitrogens with two attached hydrogens (primary N) is 1. The second-order valence-corrected chi connectivity index (χ2v) is 4.17. The summed E-state index contributed by atoms with van der Waals surface area (Å²) in [6.07, 6.45) is 0.902. The van der Waals surface area contributed by atoms with Crippen LogP contribution in [0.5, 0.6) is 0 Å². The van der Waals surface area contributed by atoms with Gasteiger partial charge in [0.05, 0.1) is 6.61 Å². The molecule has 0 heterocycles. The van der Waals surface area contributed by atoms with E-state index in [4.69, 9.17) is 10.5 Å². The molecule has 1 aromatic carbocycles. The Morgan fingerprint density at radius 2 is 2.00 bits per heavy atom. The van der Waals surface area contributed by atoms with Gasteiger partial charge in [-0.25, -0.2) is 0 Å². The maximum absolute atomic E-state index is 5.94. The molecule has 86 valence electrons. The average molecular weight is 217 g/mol. The Morgan fingerprint density at radius 1 is 1.31 bits per heavy atom. The summed E-state index contributed by atoms with van der Waals surface area (Å²) >= 11 is 0. The molecule has 0 spiro atoms. The first-order valence-electron chi connectivity index (χ1n) is 5.54. The molecule has 2 heteroatoms. The first-order chi connectivity index (χ1) is 7.64. The zero-order valence-electron chi connectivity index (χ0n) is 9.99. The summed E-state index contributed by atoms with van der Waals surface area (Å²) in [5.74, 6) is 6.00. The van der Waals surface area contributed by atoms with Crippen molar-refractivity contribution >= 4 is 0 Å². The minimum atomic E-state index is -0.242. The zero-order chi connectivity index (χ0) is 11.9. The highest BCUT2D eigenvalue weighted by Gasteiger charge is 2.14. The molecule has 0 radical (unpaired) electrons. The maximum atomic E-state index is 5.94. The molecule has 0 aliphatic heterocycles. The van der Waals surface area contributed by atoms with Crippen molar-refractivity contribution in [1.82, 2.24) is 0 Å². The first-order valence-corrected chi connectivity index (χ1v) is 5.54. The molecule has 1 unspecified atom stereocenters. The molecule has 2 nitrogen and oxygen atoms in total. The third-order valence-corrected chi connectivity index (χ3v) is 2.42. The van der Waals surface area contributed by atoms with Crippen LogP contribution in [0, 0.1) is 11.8 Å². The maximum Gasteiger partial charge on any atom is 0.108 e. The van der Waals surface area contributed by atoms with Crippen LogP contribution in [-0.4, -0.2) is 18.8 Å². The van der Waals surface area contributed by atoms with Gasteiger partial charge in [0.15, 0.2) is 0 Å². The summed E-state index contributed by atoms with van der Waals surface area (Å²) in [7, 11) is 0. The van der Waals surface area contributed by atoms with Gasteiger partial charge >= 0.3 is 0 Å². The molecule has 0 saturated carbocycles. The number of benzene rings is 1. The summed E-state index contributed by atoms with van der Waals surface area (Å²) in [6, 6.07) is 9.87. The van der Waals surface area contributed by atoms with E-state index in [9.17, 15) is 0 Å². The van der Waals surface area contributed by atoms with E-state index in [0.29, 0.717) is 13.2 Å². The van der Waals surface area contributed by atoms with Crippen LogP contribution in [0.1, 0.15) is 25.8 Å². The molecule has 2 N–H and O–H groups in total. The fourth-order valence-electron chi connectivity index (χ4n) is 1.10. The van der Waals surface area contributed by atoms with Gasteiger partial charge in [-0.3, -0.25) is 0 Å². The van der Waals surface area contributed by atoms with E-state index in [1.54, 1.807) is 0 Å². The van der Waals surface area contributed by atoms with Gasteiger partial charge in [-0.1, -0.05) is 37.0 Å². The Hall–Kier alpha value is -1.30. The molecule has 1 atom stereocenters. The molecular formula is C14H19NO. The van der Waals surface area contributed by atoms with Crippen LogP contribution < -0.4 is 5.73 Å². The fraction of sp³-hybridized carbons (Fsp3) is 0.429. The molecule has 0 aliphatic rings. The molecule has 1 rings (SSSR count). The third kappa shape index (κ3) is 4.97. The summed E-state index contributed by atoms with van der Waals surface area (Å²) in [4.78, 5) is 0. The van der Waals surface area contributed by atoms with Crippen molar-refractivity contribution in [2.45, 2.75) is 25.8 Å². The van der Waals surface area contributed by atoms with Gasteiger partial charge in [0, 0.05) is 11.1 Å². The number of ether oxygens (including phenoxy) is 1. The quantitative estimate of drug-likeness (QED) is 0.619. The average Bonchev–Trinajstić information content (AvgIpc) is 2.30. The van der Waals surface area contributed by atoms with Crippen molar-refractivity contribution in [3.05, 3.63) is 35.9 Å². The van der Waals surface area contributed by atoms with Crippen LogP contribution in [-0.2, 0) is 4.74 Å². The van der Waals surface area contributed by atoms with E-state index >= 15 is 0 Å². The van der Waals surface area contributed by atoms with Gasteiger partial charge in [0.25, 0.3) is 0 Å². The Bertz CT molecular complexity index is 359. The van der Waals surface area contributed by atoms with Crippen molar-refractivity contribution in [2.24, 2.45) is 5.73 Å². The molecule has 0 amide bonds. The Morgan fingerprint density at radius 3 is 2.62 bits per heavy atom. The van der Waals surface area contributed by atoms with Crippen molar-refractivity contribution in [3.63, 3.8) is 0 Å². The smallest absolute Gasteiger partial charge is 0.108 e. The third-order valence-electron chi connectivity index (χ3n) is 2.42. The first kappa shape index (κ1) is 12.8. The standard InChI is InChI=1S/C14H19NO/c1-3-14(2,15)12-16-11-7-10-13-8-5-4-6-9-13/h4-6,8-9H,3,11-12,15H2,1-2H3. The van der Waals surface area contributed by atoms with Gasteiger partial charge in [-0.15, -0.1) is 0 Å². The van der Waals surface area contributed by atoms with Crippen LogP contribution in [0.25, 0.3) is 0 Å². The zero-order valence-corrected chi connectivity index (χ0v) is 9.99. The predicted octanol–water partition coefficient (Wildman–Crippen LogP) is 2.18. The Labute approximate surface area is 97.8 Å². The van der Waals surface area contributed by atoms with Crippen LogP contribution in [0.3, 0.4) is 0 Å². The SMILES string of the molecule is CCC(C)(N)COCC#Cc1ccccc1. The second-order valence-electron chi connectivity index (χ2n) is 4.17. The molecular weight excluding hydrogens is 198 g/mol. The van der Waals surface area contributed by atoms with Gasteiger partial charge in [0.1, 0.15) is 6.61 Å². The van der Waals surface area contributed by atoms with Gasteiger partial charge in [-0.05, 0) is 25.5 Å². The Kier molecular flexibility index (Phi) is 5.04. The number of hydrogen-bond acceptors (Lipinski definition) is 2. The van der Waals surface area contributed by atoms with Crippen LogP contribution >= 0.6 is 0 Å². The van der Waals surface area contributed by atoms with Crippen LogP contribution in [0.2, 0.25) is 0 Å². The Balaban J connectivity index is 2.29. The monoisotopic (exact) mass is 217 g/mol. The van der Waals surface area contributed by atoms with Gasteiger partial charge in [0.2, 0.25) is 0 Å². The van der Waals surface area contributed by atoms with E-state index in [1.165, 1.54) is 0 Å². The molecule has 0 aliphatic carbocycles. The lowest BCUT2D eigenvalue weighted by molar-refractivity contribution is 0.115. The van der Waals surface area contributed by atoms with E-state index in [0.717, 1.165) is 12.0 Å². The van der Waals surface area contributed by atoms with E-state index in [2.05, 4.69) is 18.8 Å². The van der Waals surface area contributed by atoms with Crippen molar-refractivity contribution in [1.29, 1.82) is 0 Å². The highest BCUT2D eigenvalue weighted by molar-refractivity contribution is 5.33. The molecule has 16 heavy (non-hydrogen) atoms. The van der Waals surface area contributed by atoms with Gasteiger partial charge < -0.3 is 10.5 Å². The topological polar surface area (TPSA) is 35.2 Å². The summed E-state index contributed by atoms with van der Waals surface area (Å²) in [6.45, 7) is 5.02. The number of hydrogen-bond donors (Lipinski definition) is 1. The van der Waals surface area contributed by atoms with Crippen LogP contribution in [0.15, 0.2) is 30.3 Å².